The van der Waals surface area contributed by atoms with Crippen LogP contribution in [0.5, 0.6) is 5.75 Å². The Labute approximate surface area is 168 Å². The van der Waals surface area contributed by atoms with Crippen LogP contribution in [-0.4, -0.2) is 23.9 Å². The van der Waals surface area contributed by atoms with E-state index in [0.717, 1.165) is 52.0 Å². The number of hydrogen-bond donors (Lipinski definition) is 1. The second-order valence-corrected chi connectivity index (χ2v) is 8.40. The van der Waals surface area contributed by atoms with Gasteiger partial charge >= 0.3 is 0 Å². The number of nitrogens with zero attached hydrogens (tertiary/aromatic N) is 1. The highest BCUT2D eigenvalue weighted by molar-refractivity contribution is 7.17. The maximum atomic E-state index is 13.0. The van der Waals surface area contributed by atoms with Crippen molar-refractivity contribution in [3.8, 4) is 16.2 Å². The number of fused-ring (bicyclic) bond motifs is 3. The van der Waals surface area contributed by atoms with Gasteiger partial charge in [-0.2, -0.15) is 0 Å². The SMILES string of the molecule is O=C(Nc1ccccc1CN1CCCC1)c1cc2c(s1)-c1ccccc1OC2. The summed E-state index contributed by atoms with van der Waals surface area (Å²) in [5, 5.41) is 3.14. The molecule has 1 aromatic heterocycles. The average Bonchev–Trinajstić information content (AvgIpc) is 3.39. The van der Waals surface area contributed by atoms with Gasteiger partial charge in [-0.25, -0.2) is 0 Å². The topological polar surface area (TPSA) is 41.6 Å². The van der Waals surface area contributed by atoms with E-state index < -0.39 is 0 Å². The Bertz CT molecular complexity index is 1020. The standard InChI is InChI=1S/C23H22N2O2S/c26-23(24-19-9-3-1-7-16(19)14-25-11-5-6-12-25)21-13-17-15-27-20-10-4-2-8-18(20)22(17)28-21/h1-4,7-10,13H,5-6,11-12,14-15H2,(H,24,26). The summed E-state index contributed by atoms with van der Waals surface area (Å²) in [7, 11) is 0. The van der Waals surface area contributed by atoms with Gasteiger partial charge in [0.1, 0.15) is 12.4 Å². The van der Waals surface area contributed by atoms with Crippen LogP contribution in [0.2, 0.25) is 0 Å². The molecule has 2 aliphatic heterocycles. The van der Waals surface area contributed by atoms with Gasteiger partial charge in [0.05, 0.1) is 4.88 Å². The van der Waals surface area contributed by atoms with Gasteiger partial charge in [0, 0.05) is 28.2 Å². The smallest absolute Gasteiger partial charge is 0.265 e. The van der Waals surface area contributed by atoms with Gasteiger partial charge in [0.2, 0.25) is 0 Å². The number of benzene rings is 2. The number of rotatable bonds is 4. The molecular weight excluding hydrogens is 368 g/mol. The van der Waals surface area contributed by atoms with Crippen molar-refractivity contribution in [2.24, 2.45) is 0 Å². The van der Waals surface area contributed by atoms with Crippen LogP contribution in [0.4, 0.5) is 5.69 Å². The highest BCUT2D eigenvalue weighted by Gasteiger charge is 2.23. The molecule has 2 aliphatic rings. The van der Waals surface area contributed by atoms with Crippen LogP contribution in [0.15, 0.2) is 54.6 Å². The molecule has 142 valence electrons. The molecule has 3 heterocycles. The van der Waals surface area contributed by atoms with E-state index in [1.807, 2.05) is 42.5 Å². The van der Waals surface area contributed by atoms with Crippen molar-refractivity contribution < 1.29 is 9.53 Å². The van der Waals surface area contributed by atoms with Gasteiger partial charge < -0.3 is 10.1 Å². The number of likely N-dealkylation sites (tertiary alicyclic amines) is 1. The van der Waals surface area contributed by atoms with E-state index in [4.69, 9.17) is 4.74 Å². The first-order chi connectivity index (χ1) is 13.8. The quantitative estimate of drug-likeness (QED) is 0.669. The second-order valence-electron chi connectivity index (χ2n) is 7.34. The Kier molecular flexibility index (Phi) is 4.63. The first-order valence-corrected chi connectivity index (χ1v) is 10.6. The summed E-state index contributed by atoms with van der Waals surface area (Å²) in [6.07, 6.45) is 2.53. The molecule has 0 saturated carbocycles. The van der Waals surface area contributed by atoms with Crippen LogP contribution in [0.3, 0.4) is 0 Å². The van der Waals surface area contributed by atoms with Gasteiger partial charge in [-0.15, -0.1) is 11.3 Å². The third-order valence-corrected chi connectivity index (χ3v) is 6.62. The van der Waals surface area contributed by atoms with Gasteiger partial charge in [-0.1, -0.05) is 30.3 Å². The number of carbonyl (C=O) groups excluding carboxylic acids is 1. The Morgan fingerprint density at radius 3 is 2.75 bits per heavy atom. The summed E-state index contributed by atoms with van der Waals surface area (Å²) in [6, 6.07) is 18.1. The summed E-state index contributed by atoms with van der Waals surface area (Å²) < 4.78 is 5.82. The van der Waals surface area contributed by atoms with E-state index in [-0.39, 0.29) is 5.91 Å². The molecule has 1 amide bonds. The molecule has 0 aliphatic carbocycles. The molecule has 0 bridgehead atoms. The van der Waals surface area contributed by atoms with Gasteiger partial charge in [0.15, 0.2) is 0 Å². The third-order valence-electron chi connectivity index (χ3n) is 5.41. The Morgan fingerprint density at radius 2 is 1.86 bits per heavy atom. The number of nitrogens with one attached hydrogen (secondary N) is 1. The lowest BCUT2D eigenvalue weighted by Crippen LogP contribution is -2.20. The van der Waals surface area contributed by atoms with E-state index in [1.165, 1.54) is 18.4 Å². The molecular formula is C23H22N2O2S. The van der Waals surface area contributed by atoms with Crippen molar-refractivity contribution in [3.05, 3.63) is 70.6 Å². The molecule has 1 fully saturated rings. The highest BCUT2D eigenvalue weighted by Crippen LogP contribution is 2.42. The van der Waals surface area contributed by atoms with Crippen molar-refractivity contribution in [1.82, 2.24) is 4.90 Å². The van der Waals surface area contributed by atoms with E-state index in [1.54, 1.807) is 11.3 Å². The molecule has 1 saturated heterocycles. The van der Waals surface area contributed by atoms with Crippen molar-refractivity contribution in [2.75, 3.05) is 18.4 Å². The Balaban J connectivity index is 1.38. The maximum Gasteiger partial charge on any atom is 0.265 e. The van der Waals surface area contributed by atoms with Crippen LogP contribution in [0.25, 0.3) is 10.4 Å². The number of thiophene rings is 1. The molecule has 5 rings (SSSR count). The fraction of sp³-hybridized carbons (Fsp3) is 0.261. The summed E-state index contributed by atoms with van der Waals surface area (Å²) in [4.78, 5) is 17.3. The predicted octanol–water partition coefficient (Wildman–Crippen LogP) is 5.16. The number of ether oxygens (including phenoxy) is 1. The van der Waals surface area contributed by atoms with Crippen LogP contribution in [-0.2, 0) is 13.2 Å². The zero-order chi connectivity index (χ0) is 18.9. The molecule has 1 N–H and O–H groups in total. The minimum absolute atomic E-state index is 0.0502. The zero-order valence-corrected chi connectivity index (χ0v) is 16.4. The number of amides is 1. The Hall–Kier alpha value is -2.63. The first kappa shape index (κ1) is 17.5. The minimum Gasteiger partial charge on any atom is -0.488 e. The third kappa shape index (κ3) is 3.32. The van der Waals surface area contributed by atoms with E-state index in [9.17, 15) is 4.79 Å². The van der Waals surface area contributed by atoms with E-state index in [0.29, 0.717) is 6.61 Å². The number of carbonyl (C=O) groups is 1. The van der Waals surface area contributed by atoms with Gasteiger partial charge in [-0.05, 0) is 55.8 Å². The fourth-order valence-corrected chi connectivity index (χ4v) is 5.05. The maximum absolute atomic E-state index is 13.0. The van der Waals surface area contributed by atoms with Crippen LogP contribution in [0.1, 0.15) is 33.6 Å². The number of hydrogen-bond acceptors (Lipinski definition) is 4. The minimum atomic E-state index is -0.0502. The van der Waals surface area contributed by atoms with Crippen LogP contribution < -0.4 is 10.1 Å². The number of anilines is 1. The van der Waals surface area contributed by atoms with Gasteiger partial charge in [0.25, 0.3) is 5.91 Å². The average molecular weight is 391 g/mol. The molecule has 0 spiro atoms. The molecule has 0 atom stereocenters. The monoisotopic (exact) mass is 390 g/mol. The normalized spacial score (nSPS) is 15.6. The Morgan fingerprint density at radius 1 is 1.07 bits per heavy atom. The van der Waals surface area contributed by atoms with Crippen molar-refractivity contribution in [2.45, 2.75) is 26.0 Å². The largest absolute Gasteiger partial charge is 0.488 e. The summed E-state index contributed by atoms with van der Waals surface area (Å²) in [5.41, 5.74) is 4.23. The van der Waals surface area contributed by atoms with Crippen LogP contribution in [0, 0.1) is 0 Å². The molecule has 0 radical (unpaired) electrons. The van der Waals surface area contributed by atoms with Crippen LogP contribution >= 0.6 is 11.3 Å². The van der Waals surface area contributed by atoms with Gasteiger partial charge in [-0.3, -0.25) is 9.69 Å². The highest BCUT2D eigenvalue weighted by atomic mass is 32.1. The summed E-state index contributed by atoms with van der Waals surface area (Å²) >= 11 is 1.54. The van der Waals surface area contributed by atoms with Crippen molar-refractivity contribution in [3.63, 3.8) is 0 Å². The molecule has 5 heteroatoms. The van der Waals surface area contributed by atoms with E-state index >= 15 is 0 Å². The first-order valence-electron chi connectivity index (χ1n) is 9.74. The van der Waals surface area contributed by atoms with Crippen molar-refractivity contribution >= 4 is 22.9 Å². The lowest BCUT2D eigenvalue weighted by Gasteiger charge is -2.17. The fourth-order valence-electron chi connectivity index (χ4n) is 3.96. The lowest BCUT2D eigenvalue weighted by atomic mass is 10.1. The number of para-hydroxylation sites is 2. The summed E-state index contributed by atoms with van der Waals surface area (Å²) in [6.45, 7) is 3.68. The second kappa shape index (κ2) is 7.41. The molecule has 28 heavy (non-hydrogen) atoms. The molecule has 2 aromatic carbocycles. The molecule has 4 nitrogen and oxygen atoms in total. The van der Waals surface area contributed by atoms with E-state index in [2.05, 4.69) is 22.3 Å². The summed E-state index contributed by atoms with van der Waals surface area (Å²) in [5.74, 6) is 0.838. The van der Waals surface area contributed by atoms with Crippen molar-refractivity contribution in [1.29, 1.82) is 0 Å². The molecule has 3 aromatic rings. The lowest BCUT2D eigenvalue weighted by molar-refractivity contribution is 0.103. The predicted molar refractivity (Wildman–Crippen MR) is 113 cm³/mol. The molecule has 0 unspecified atom stereocenters. The zero-order valence-electron chi connectivity index (χ0n) is 15.6.